The van der Waals surface area contributed by atoms with E-state index >= 15 is 0 Å². The minimum atomic E-state index is -0.136. The lowest BCUT2D eigenvalue weighted by Crippen LogP contribution is -2.40. The van der Waals surface area contributed by atoms with Crippen molar-refractivity contribution in [2.24, 2.45) is 5.92 Å². The third-order valence-electron chi connectivity index (χ3n) is 4.34. The molecule has 6 nitrogen and oxygen atoms in total. The molecule has 26 heavy (non-hydrogen) atoms. The molecule has 1 aliphatic rings. The van der Waals surface area contributed by atoms with E-state index in [4.69, 9.17) is 4.74 Å². The number of carbonyl (C=O) groups is 2. The maximum absolute atomic E-state index is 12.4. The Labute approximate surface area is 161 Å². The second-order valence-electron chi connectivity index (χ2n) is 6.45. The van der Waals surface area contributed by atoms with Crippen molar-refractivity contribution in [3.05, 3.63) is 29.8 Å². The molecule has 0 unspecified atom stereocenters. The highest BCUT2D eigenvalue weighted by atomic mass is 35.5. The van der Waals surface area contributed by atoms with Crippen LogP contribution in [0.25, 0.3) is 0 Å². The van der Waals surface area contributed by atoms with Gasteiger partial charge in [0, 0.05) is 43.0 Å². The quantitative estimate of drug-likeness (QED) is 0.603. The Morgan fingerprint density at radius 2 is 2.15 bits per heavy atom. The fraction of sp³-hybridized carbons (Fsp3) is 0.579. The molecule has 7 heteroatoms. The molecule has 2 amide bonds. The van der Waals surface area contributed by atoms with Gasteiger partial charge in [0.15, 0.2) is 0 Å². The number of nitrogens with one attached hydrogen (secondary N) is 3. The first-order valence-corrected chi connectivity index (χ1v) is 9.10. The summed E-state index contributed by atoms with van der Waals surface area (Å²) in [6.07, 6.45) is 2.46. The van der Waals surface area contributed by atoms with Crippen LogP contribution in [-0.2, 0) is 9.53 Å². The molecule has 0 spiro atoms. The van der Waals surface area contributed by atoms with Crippen LogP contribution in [-0.4, -0.2) is 44.2 Å². The van der Waals surface area contributed by atoms with Crippen molar-refractivity contribution in [2.45, 2.75) is 39.2 Å². The van der Waals surface area contributed by atoms with Gasteiger partial charge in [-0.1, -0.05) is 6.07 Å². The molecule has 2 rings (SSSR count). The lowest BCUT2D eigenvalue weighted by Gasteiger charge is -2.27. The smallest absolute Gasteiger partial charge is 0.251 e. The Morgan fingerprint density at radius 1 is 1.35 bits per heavy atom. The number of halogens is 1. The van der Waals surface area contributed by atoms with Gasteiger partial charge in [0.1, 0.15) is 0 Å². The molecule has 1 aliphatic heterocycles. The first kappa shape index (κ1) is 22.4. The summed E-state index contributed by atoms with van der Waals surface area (Å²) < 4.78 is 5.25. The van der Waals surface area contributed by atoms with Gasteiger partial charge >= 0.3 is 0 Å². The van der Waals surface area contributed by atoms with Crippen LogP contribution in [0.5, 0.6) is 0 Å². The molecule has 1 heterocycles. The van der Waals surface area contributed by atoms with Crippen molar-refractivity contribution in [3.8, 4) is 0 Å². The lowest BCUT2D eigenvalue weighted by atomic mass is 9.92. The van der Waals surface area contributed by atoms with E-state index in [0.717, 1.165) is 25.8 Å². The number of piperidine rings is 1. The summed E-state index contributed by atoms with van der Waals surface area (Å²) in [6.45, 7) is 6.80. The highest BCUT2D eigenvalue weighted by Gasteiger charge is 2.24. The van der Waals surface area contributed by atoms with E-state index in [1.165, 1.54) is 0 Å². The SMILES string of the molecule is CCOCCCNC(=O)c1cccc(NC(=O)[C@H]2CCN[C@@H](C)C2)c1.Cl. The summed E-state index contributed by atoms with van der Waals surface area (Å²) in [5, 5.41) is 9.16. The van der Waals surface area contributed by atoms with Gasteiger partial charge in [0.2, 0.25) is 5.91 Å². The minimum Gasteiger partial charge on any atom is -0.382 e. The Hall–Kier alpha value is -1.63. The van der Waals surface area contributed by atoms with E-state index in [1.54, 1.807) is 18.2 Å². The number of rotatable bonds is 8. The van der Waals surface area contributed by atoms with Crippen LogP contribution < -0.4 is 16.0 Å². The van der Waals surface area contributed by atoms with Gasteiger partial charge in [-0.05, 0) is 57.9 Å². The molecular formula is C19H30ClN3O3. The zero-order valence-corrected chi connectivity index (χ0v) is 16.4. The van der Waals surface area contributed by atoms with E-state index < -0.39 is 0 Å². The molecule has 0 aromatic heterocycles. The Balaban J connectivity index is 0.00000338. The standard InChI is InChI=1S/C19H29N3O3.ClH/c1-3-25-11-5-9-21-18(23)15-6-4-7-17(13-15)22-19(24)16-8-10-20-14(2)12-16;/h4,6-7,13-14,16,20H,3,5,8-12H2,1-2H3,(H,21,23)(H,22,24);1H/t14-,16-;/m0./s1. The highest BCUT2D eigenvalue weighted by Crippen LogP contribution is 2.19. The van der Waals surface area contributed by atoms with Crippen molar-refractivity contribution in [1.29, 1.82) is 0 Å². The van der Waals surface area contributed by atoms with Gasteiger partial charge in [0.25, 0.3) is 5.91 Å². The number of ether oxygens (including phenoxy) is 1. The maximum atomic E-state index is 12.4. The van der Waals surface area contributed by atoms with Gasteiger partial charge in [-0.3, -0.25) is 9.59 Å². The molecule has 1 saturated heterocycles. The van der Waals surface area contributed by atoms with Crippen molar-refractivity contribution in [3.63, 3.8) is 0 Å². The maximum Gasteiger partial charge on any atom is 0.251 e. The molecule has 1 fully saturated rings. The first-order valence-electron chi connectivity index (χ1n) is 9.10. The second-order valence-corrected chi connectivity index (χ2v) is 6.45. The normalized spacial score (nSPS) is 19.3. The molecule has 0 aliphatic carbocycles. The predicted molar refractivity (Wildman–Crippen MR) is 106 cm³/mol. The minimum absolute atomic E-state index is 0. The largest absolute Gasteiger partial charge is 0.382 e. The molecule has 146 valence electrons. The lowest BCUT2D eigenvalue weighted by molar-refractivity contribution is -0.120. The molecule has 1 aromatic rings. The van der Waals surface area contributed by atoms with Crippen LogP contribution in [0.3, 0.4) is 0 Å². The molecular weight excluding hydrogens is 354 g/mol. The summed E-state index contributed by atoms with van der Waals surface area (Å²) in [6, 6.07) is 7.43. The van der Waals surface area contributed by atoms with Gasteiger partial charge < -0.3 is 20.7 Å². The summed E-state index contributed by atoms with van der Waals surface area (Å²) in [7, 11) is 0. The zero-order valence-electron chi connectivity index (χ0n) is 15.5. The average Bonchev–Trinajstić information content (AvgIpc) is 2.61. The van der Waals surface area contributed by atoms with Crippen molar-refractivity contribution < 1.29 is 14.3 Å². The topological polar surface area (TPSA) is 79.5 Å². The van der Waals surface area contributed by atoms with E-state index in [1.807, 2.05) is 13.0 Å². The van der Waals surface area contributed by atoms with Crippen molar-refractivity contribution >= 4 is 29.9 Å². The average molecular weight is 384 g/mol. The third kappa shape index (κ3) is 7.32. The molecule has 1 aromatic carbocycles. The molecule has 0 radical (unpaired) electrons. The Bertz CT molecular complexity index is 583. The Kier molecular flexibility index (Phi) is 10.2. The fourth-order valence-corrected chi connectivity index (χ4v) is 2.98. The van der Waals surface area contributed by atoms with Crippen LogP contribution in [0.15, 0.2) is 24.3 Å². The highest BCUT2D eigenvalue weighted by molar-refractivity contribution is 5.97. The summed E-state index contributed by atoms with van der Waals surface area (Å²) >= 11 is 0. The number of benzene rings is 1. The summed E-state index contributed by atoms with van der Waals surface area (Å²) in [5.41, 5.74) is 1.21. The summed E-state index contributed by atoms with van der Waals surface area (Å²) in [5.74, 6) is -0.0852. The second kappa shape index (κ2) is 11.9. The van der Waals surface area contributed by atoms with Crippen LogP contribution in [0.2, 0.25) is 0 Å². The van der Waals surface area contributed by atoms with Crippen LogP contribution in [0.1, 0.15) is 43.5 Å². The van der Waals surface area contributed by atoms with E-state index in [0.29, 0.717) is 37.1 Å². The van der Waals surface area contributed by atoms with Crippen molar-refractivity contribution in [1.82, 2.24) is 10.6 Å². The number of carbonyl (C=O) groups excluding carboxylic acids is 2. The van der Waals surface area contributed by atoms with Gasteiger partial charge in [-0.2, -0.15) is 0 Å². The number of amides is 2. The fourth-order valence-electron chi connectivity index (χ4n) is 2.98. The Morgan fingerprint density at radius 3 is 2.88 bits per heavy atom. The van der Waals surface area contributed by atoms with Gasteiger partial charge in [-0.25, -0.2) is 0 Å². The van der Waals surface area contributed by atoms with Crippen LogP contribution in [0, 0.1) is 5.92 Å². The van der Waals surface area contributed by atoms with E-state index in [-0.39, 0.29) is 30.1 Å². The van der Waals surface area contributed by atoms with Crippen LogP contribution >= 0.6 is 12.4 Å². The van der Waals surface area contributed by atoms with Crippen molar-refractivity contribution in [2.75, 3.05) is 31.6 Å². The van der Waals surface area contributed by atoms with E-state index in [2.05, 4.69) is 22.9 Å². The number of anilines is 1. The zero-order chi connectivity index (χ0) is 18.1. The molecule has 3 N–H and O–H groups in total. The molecule has 0 bridgehead atoms. The van der Waals surface area contributed by atoms with Crippen LogP contribution in [0.4, 0.5) is 5.69 Å². The molecule has 2 atom stereocenters. The monoisotopic (exact) mass is 383 g/mol. The molecule has 0 saturated carbocycles. The number of hydrogen-bond acceptors (Lipinski definition) is 4. The van der Waals surface area contributed by atoms with Gasteiger partial charge in [-0.15, -0.1) is 12.4 Å². The van der Waals surface area contributed by atoms with Gasteiger partial charge in [0.05, 0.1) is 0 Å². The summed E-state index contributed by atoms with van der Waals surface area (Å²) in [4.78, 5) is 24.6. The predicted octanol–water partition coefficient (Wildman–Crippen LogP) is 2.59. The van der Waals surface area contributed by atoms with E-state index in [9.17, 15) is 9.59 Å². The third-order valence-corrected chi connectivity index (χ3v) is 4.34. The first-order chi connectivity index (χ1) is 12.1. The number of hydrogen-bond donors (Lipinski definition) is 3.